The summed E-state index contributed by atoms with van der Waals surface area (Å²) in [6, 6.07) is 8.88. The summed E-state index contributed by atoms with van der Waals surface area (Å²) in [7, 11) is 0. The van der Waals surface area contributed by atoms with Crippen LogP contribution in [-0.2, 0) is 0 Å². The fourth-order valence-electron chi connectivity index (χ4n) is 1.54. The Morgan fingerprint density at radius 1 is 1.29 bits per heavy atom. The number of nitrogen functional groups attached to an aromatic ring is 1. The molecule has 3 N–H and O–H groups in total. The Labute approximate surface area is 86.5 Å². The average Bonchev–Trinajstić information content (AvgIpc) is 2.18. The second kappa shape index (κ2) is 5.01. The Balaban J connectivity index is 2.69. The number of hydrogen-bond donors (Lipinski definition) is 2. The van der Waals surface area contributed by atoms with Crippen LogP contribution >= 0.6 is 0 Å². The molecule has 0 bridgehead atoms. The van der Waals surface area contributed by atoms with Crippen molar-refractivity contribution in [2.24, 2.45) is 0 Å². The second-order valence-electron chi connectivity index (χ2n) is 3.83. The molecule has 0 spiro atoms. The lowest BCUT2D eigenvalue weighted by Gasteiger charge is -2.20. The van der Waals surface area contributed by atoms with Gasteiger partial charge in [0.2, 0.25) is 0 Å². The minimum atomic E-state index is 0.325. The standard InChI is InChI=1S/C12H20N2/c1-4-9(2)14-10(3)11-7-5-6-8-12(11)13/h5-10,14H,4,13H2,1-3H3. The number of para-hydroxylation sites is 1. The molecule has 1 aromatic rings. The van der Waals surface area contributed by atoms with Crippen LogP contribution in [0.4, 0.5) is 5.69 Å². The fraction of sp³-hybridized carbons (Fsp3) is 0.500. The zero-order valence-electron chi connectivity index (χ0n) is 9.25. The number of benzene rings is 1. The van der Waals surface area contributed by atoms with Crippen LogP contribution in [0.3, 0.4) is 0 Å². The third kappa shape index (κ3) is 2.74. The summed E-state index contributed by atoms with van der Waals surface area (Å²) in [5, 5.41) is 3.51. The van der Waals surface area contributed by atoms with E-state index in [9.17, 15) is 0 Å². The van der Waals surface area contributed by atoms with Crippen LogP contribution in [0.15, 0.2) is 24.3 Å². The normalized spacial score (nSPS) is 15.1. The molecule has 2 heteroatoms. The van der Waals surface area contributed by atoms with Gasteiger partial charge in [-0.1, -0.05) is 25.1 Å². The highest BCUT2D eigenvalue weighted by Crippen LogP contribution is 2.19. The number of hydrogen-bond acceptors (Lipinski definition) is 2. The van der Waals surface area contributed by atoms with Crippen molar-refractivity contribution in [2.75, 3.05) is 5.73 Å². The average molecular weight is 192 g/mol. The van der Waals surface area contributed by atoms with Gasteiger partial charge < -0.3 is 11.1 Å². The van der Waals surface area contributed by atoms with E-state index >= 15 is 0 Å². The molecule has 0 aliphatic heterocycles. The van der Waals surface area contributed by atoms with E-state index in [2.05, 4.69) is 32.2 Å². The first-order valence-corrected chi connectivity index (χ1v) is 5.25. The quantitative estimate of drug-likeness (QED) is 0.720. The summed E-state index contributed by atoms with van der Waals surface area (Å²) in [6.07, 6.45) is 1.14. The summed E-state index contributed by atoms with van der Waals surface area (Å²) in [6.45, 7) is 6.52. The van der Waals surface area contributed by atoms with Crippen LogP contribution in [-0.4, -0.2) is 6.04 Å². The first-order chi connectivity index (χ1) is 6.65. The topological polar surface area (TPSA) is 38.0 Å². The van der Waals surface area contributed by atoms with Gasteiger partial charge in [-0.05, 0) is 31.9 Å². The van der Waals surface area contributed by atoms with Gasteiger partial charge in [0.1, 0.15) is 0 Å². The van der Waals surface area contributed by atoms with Crippen molar-refractivity contribution in [3.8, 4) is 0 Å². The molecule has 2 nitrogen and oxygen atoms in total. The summed E-state index contributed by atoms with van der Waals surface area (Å²) >= 11 is 0. The van der Waals surface area contributed by atoms with Gasteiger partial charge in [-0.25, -0.2) is 0 Å². The van der Waals surface area contributed by atoms with Gasteiger partial charge in [0.25, 0.3) is 0 Å². The molecule has 1 aromatic carbocycles. The van der Waals surface area contributed by atoms with Gasteiger partial charge in [0.05, 0.1) is 0 Å². The van der Waals surface area contributed by atoms with Crippen molar-refractivity contribution in [2.45, 2.75) is 39.3 Å². The maximum atomic E-state index is 5.90. The lowest BCUT2D eigenvalue weighted by atomic mass is 10.1. The molecular formula is C12H20N2. The summed E-state index contributed by atoms with van der Waals surface area (Å²) in [5.41, 5.74) is 7.96. The number of anilines is 1. The van der Waals surface area contributed by atoms with Gasteiger partial charge in [0.15, 0.2) is 0 Å². The van der Waals surface area contributed by atoms with Crippen LogP contribution in [0, 0.1) is 0 Å². The highest BCUT2D eigenvalue weighted by molar-refractivity contribution is 5.47. The molecule has 0 aliphatic rings. The van der Waals surface area contributed by atoms with E-state index in [1.807, 2.05) is 18.2 Å². The lowest BCUT2D eigenvalue weighted by Crippen LogP contribution is -2.28. The van der Waals surface area contributed by atoms with Gasteiger partial charge >= 0.3 is 0 Å². The molecule has 0 aromatic heterocycles. The van der Waals surface area contributed by atoms with Crippen molar-refractivity contribution in [1.29, 1.82) is 0 Å². The minimum absolute atomic E-state index is 0.325. The maximum absolute atomic E-state index is 5.90. The zero-order valence-corrected chi connectivity index (χ0v) is 9.25. The minimum Gasteiger partial charge on any atom is -0.398 e. The number of nitrogens with one attached hydrogen (secondary N) is 1. The molecule has 1 rings (SSSR count). The first kappa shape index (κ1) is 11.1. The SMILES string of the molecule is CCC(C)NC(C)c1ccccc1N. The smallest absolute Gasteiger partial charge is 0.0362 e. The predicted octanol–water partition coefficient (Wildman–Crippen LogP) is 2.72. The van der Waals surface area contributed by atoms with E-state index in [0.717, 1.165) is 12.1 Å². The Bertz CT molecular complexity index is 283. The first-order valence-electron chi connectivity index (χ1n) is 5.25. The molecule has 0 aliphatic carbocycles. The van der Waals surface area contributed by atoms with Gasteiger partial charge in [-0.2, -0.15) is 0 Å². The lowest BCUT2D eigenvalue weighted by molar-refractivity contribution is 0.470. The van der Waals surface area contributed by atoms with Crippen LogP contribution in [0.1, 0.15) is 38.8 Å². The van der Waals surface area contributed by atoms with E-state index in [-0.39, 0.29) is 0 Å². The van der Waals surface area contributed by atoms with Crippen molar-refractivity contribution >= 4 is 5.69 Å². The Morgan fingerprint density at radius 3 is 2.50 bits per heavy atom. The van der Waals surface area contributed by atoms with Crippen LogP contribution in [0.25, 0.3) is 0 Å². The van der Waals surface area contributed by atoms with Crippen molar-refractivity contribution in [1.82, 2.24) is 5.32 Å². The molecular weight excluding hydrogens is 172 g/mol. The van der Waals surface area contributed by atoms with Gasteiger partial charge in [-0.15, -0.1) is 0 Å². The molecule has 0 heterocycles. The van der Waals surface area contributed by atoms with E-state index in [4.69, 9.17) is 5.73 Å². The highest BCUT2D eigenvalue weighted by Gasteiger charge is 2.09. The Hall–Kier alpha value is -1.02. The summed E-state index contributed by atoms with van der Waals surface area (Å²) in [4.78, 5) is 0. The Kier molecular flexibility index (Phi) is 3.96. The predicted molar refractivity (Wildman–Crippen MR) is 62.2 cm³/mol. The van der Waals surface area contributed by atoms with Crippen LogP contribution in [0.2, 0.25) is 0 Å². The largest absolute Gasteiger partial charge is 0.398 e. The summed E-state index contributed by atoms with van der Waals surface area (Å²) in [5.74, 6) is 0. The molecule has 0 saturated carbocycles. The number of rotatable bonds is 4. The molecule has 0 radical (unpaired) electrons. The third-order valence-corrected chi connectivity index (χ3v) is 2.61. The van der Waals surface area contributed by atoms with Crippen molar-refractivity contribution in [3.63, 3.8) is 0 Å². The molecule has 0 fully saturated rings. The van der Waals surface area contributed by atoms with E-state index < -0.39 is 0 Å². The summed E-state index contributed by atoms with van der Waals surface area (Å²) < 4.78 is 0. The van der Waals surface area contributed by atoms with Gasteiger partial charge in [-0.3, -0.25) is 0 Å². The monoisotopic (exact) mass is 192 g/mol. The second-order valence-corrected chi connectivity index (χ2v) is 3.83. The van der Waals surface area contributed by atoms with E-state index in [1.165, 1.54) is 5.56 Å². The fourth-order valence-corrected chi connectivity index (χ4v) is 1.54. The molecule has 2 atom stereocenters. The molecule has 78 valence electrons. The van der Waals surface area contributed by atoms with Crippen molar-refractivity contribution in [3.05, 3.63) is 29.8 Å². The van der Waals surface area contributed by atoms with Crippen LogP contribution < -0.4 is 11.1 Å². The van der Waals surface area contributed by atoms with Gasteiger partial charge in [0, 0.05) is 17.8 Å². The van der Waals surface area contributed by atoms with Crippen molar-refractivity contribution < 1.29 is 0 Å². The van der Waals surface area contributed by atoms with Crippen LogP contribution in [0.5, 0.6) is 0 Å². The Morgan fingerprint density at radius 2 is 1.93 bits per heavy atom. The molecule has 2 unspecified atom stereocenters. The third-order valence-electron chi connectivity index (χ3n) is 2.61. The highest BCUT2D eigenvalue weighted by atomic mass is 14.9. The number of nitrogens with two attached hydrogens (primary N) is 1. The maximum Gasteiger partial charge on any atom is 0.0362 e. The zero-order chi connectivity index (χ0) is 10.6. The molecule has 0 saturated heterocycles. The van der Waals surface area contributed by atoms with E-state index in [0.29, 0.717) is 12.1 Å². The van der Waals surface area contributed by atoms with E-state index in [1.54, 1.807) is 0 Å². The molecule has 0 amide bonds. The molecule has 14 heavy (non-hydrogen) atoms.